The lowest BCUT2D eigenvalue weighted by Crippen LogP contribution is -2.40. The van der Waals surface area contributed by atoms with Crippen molar-refractivity contribution in [2.24, 2.45) is 11.7 Å². The van der Waals surface area contributed by atoms with Gasteiger partial charge in [0.1, 0.15) is 0 Å². The lowest BCUT2D eigenvalue weighted by molar-refractivity contribution is -0.118. The van der Waals surface area contributed by atoms with Crippen LogP contribution in [-0.4, -0.2) is 27.4 Å². The zero-order valence-corrected chi connectivity index (χ0v) is 13.6. The van der Waals surface area contributed by atoms with Crippen molar-refractivity contribution in [3.05, 3.63) is 23.8 Å². The van der Waals surface area contributed by atoms with Gasteiger partial charge in [0.05, 0.1) is 10.9 Å². The molecule has 0 aliphatic heterocycles. The van der Waals surface area contributed by atoms with E-state index >= 15 is 0 Å². The number of hydrogen-bond donors (Lipinski definition) is 3. The zero-order valence-electron chi connectivity index (χ0n) is 12.8. The van der Waals surface area contributed by atoms with Crippen LogP contribution in [0.3, 0.4) is 0 Å². The zero-order chi connectivity index (χ0) is 16.2. The van der Waals surface area contributed by atoms with Crippen LogP contribution in [-0.2, 0) is 14.8 Å². The van der Waals surface area contributed by atoms with Crippen LogP contribution in [0.25, 0.3) is 0 Å². The van der Waals surface area contributed by atoms with E-state index < -0.39 is 16.1 Å². The molecular weight excluding hydrogens is 290 g/mol. The Balaban J connectivity index is 3.02. The highest BCUT2D eigenvalue weighted by Gasteiger charge is 2.21. The molecule has 0 aliphatic rings. The molecule has 0 radical (unpaired) electrons. The number of carbonyl (C=O) groups excluding carboxylic acids is 1. The van der Waals surface area contributed by atoms with Gasteiger partial charge in [0.25, 0.3) is 0 Å². The topological polar surface area (TPSA) is 101 Å². The fraction of sp³-hybridized carbons (Fsp3) is 0.500. The summed E-state index contributed by atoms with van der Waals surface area (Å²) in [6.45, 7) is 5.55. The number of sulfonamides is 1. The molecule has 2 atom stereocenters. The summed E-state index contributed by atoms with van der Waals surface area (Å²) in [6.07, 6.45) is 0.794. The van der Waals surface area contributed by atoms with Gasteiger partial charge in [-0.2, -0.15) is 0 Å². The van der Waals surface area contributed by atoms with Crippen LogP contribution in [0.15, 0.2) is 23.1 Å². The van der Waals surface area contributed by atoms with Gasteiger partial charge in [-0.3, -0.25) is 4.79 Å². The van der Waals surface area contributed by atoms with Crippen LogP contribution in [0.1, 0.15) is 25.8 Å². The van der Waals surface area contributed by atoms with Gasteiger partial charge in [-0.15, -0.1) is 0 Å². The number of rotatable bonds is 6. The van der Waals surface area contributed by atoms with E-state index in [1.807, 2.05) is 13.8 Å². The Hall–Kier alpha value is -1.44. The molecule has 0 heterocycles. The van der Waals surface area contributed by atoms with Crippen molar-refractivity contribution in [3.63, 3.8) is 0 Å². The molecule has 4 N–H and O–H groups in total. The van der Waals surface area contributed by atoms with Crippen LogP contribution < -0.4 is 15.8 Å². The van der Waals surface area contributed by atoms with Crippen LogP contribution in [0.5, 0.6) is 0 Å². The van der Waals surface area contributed by atoms with Crippen LogP contribution in [0, 0.1) is 12.8 Å². The smallest absolute Gasteiger partial charge is 0.241 e. The number of aryl methyl sites for hydroxylation is 1. The Bertz CT molecular complexity index is 614. The lowest BCUT2D eigenvalue weighted by atomic mass is 9.99. The van der Waals surface area contributed by atoms with E-state index in [0.717, 1.165) is 6.42 Å². The molecule has 0 spiro atoms. The van der Waals surface area contributed by atoms with Crippen molar-refractivity contribution in [1.29, 1.82) is 0 Å². The first kappa shape index (κ1) is 17.6. The number of carbonyl (C=O) groups is 1. The standard InChI is InChI=1S/C14H23N3O3S/c1-5-9(2)13(15)14(18)17-11-7-6-10(3)12(8-11)21(19,20)16-4/h6-9,13,16H,5,15H2,1-4H3,(H,17,18). The molecule has 1 aromatic carbocycles. The average Bonchev–Trinajstić information content (AvgIpc) is 2.47. The number of anilines is 1. The van der Waals surface area contributed by atoms with E-state index in [9.17, 15) is 13.2 Å². The number of nitrogens with two attached hydrogens (primary N) is 1. The SMILES string of the molecule is CCC(C)C(N)C(=O)Nc1ccc(C)c(S(=O)(=O)NC)c1. The van der Waals surface area contributed by atoms with Crippen LogP contribution in [0.2, 0.25) is 0 Å². The highest BCUT2D eigenvalue weighted by atomic mass is 32.2. The Morgan fingerprint density at radius 3 is 2.52 bits per heavy atom. The predicted octanol–water partition coefficient (Wildman–Crippen LogP) is 1.22. The minimum Gasteiger partial charge on any atom is -0.325 e. The number of hydrogen-bond acceptors (Lipinski definition) is 4. The minimum absolute atomic E-state index is 0.0518. The molecule has 21 heavy (non-hydrogen) atoms. The highest BCUT2D eigenvalue weighted by molar-refractivity contribution is 7.89. The molecule has 0 saturated heterocycles. The maximum absolute atomic E-state index is 12.0. The first-order chi connectivity index (χ1) is 9.72. The summed E-state index contributed by atoms with van der Waals surface area (Å²) in [5, 5.41) is 2.66. The van der Waals surface area contributed by atoms with Crippen molar-refractivity contribution in [2.75, 3.05) is 12.4 Å². The Kier molecular flexibility index (Phi) is 5.88. The third-order valence-corrected chi connectivity index (χ3v) is 5.13. The summed E-state index contributed by atoms with van der Waals surface area (Å²) < 4.78 is 26.1. The van der Waals surface area contributed by atoms with E-state index in [4.69, 9.17) is 5.73 Å². The van der Waals surface area contributed by atoms with Crippen molar-refractivity contribution < 1.29 is 13.2 Å². The van der Waals surface area contributed by atoms with E-state index in [1.54, 1.807) is 19.1 Å². The second-order valence-electron chi connectivity index (χ2n) is 5.09. The largest absolute Gasteiger partial charge is 0.325 e. The van der Waals surface area contributed by atoms with E-state index in [0.29, 0.717) is 11.3 Å². The van der Waals surface area contributed by atoms with Crippen LogP contribution >= 0.6 is 0 Å². The summed E-state index contributed by atoms with van der Waals surface area (Å²) in [7, 11) is -2.21. The molecule has 0 aliphatic carbocycles. The van der Waals surface area contributed by atoms with E-state index in [1.165, 1.54) is 13.1 Å². The molecule has 0 bridgehead atoms. The van der Waals surface area contributed by atoms with Gasteiger partial charge in [0.15, 0.2) is 0 Å². The van der Waals surface area contributed by atoms with Crippen molar-refractivity contribution in [3.8, 4) is 0 Å². The molecule has 1 amide bonds. The molecule has 0 saturated carbocycles. The predicted molar refractivity (Wildman–Crippen MR) is 83.5 cm³/mol. The third-order valence-electron chi connectivity index (χ3n) is 3.57. The summed E-state index contributed by atoms with van der Waals surface area (Å²) >= 11 is 0. The molecule has 2 unspecified atom stereocenters. The Morgan fingerprint density at radius 1 is 1.38 bits per heavy atom. The quantitative estimate of drug-likeness (QED) is 0.735. The molecule has 0 aromatic heterocycles. The molecule has 7 heteroatoms. The van der Waals surface area contributed by atoms with Gasteiger partial charge in [0, 0.05) is 5.69 Å². The second-order valence-corrected chi connectivity index (χ2v) is 6.94. The molecule has 0 fully saturated rings. The van der Waals surface area contributed by atoms with Gasteiger partial charge >= 0.3 is 0 Å². The van der Waals surface area contributed by atoms with Gasteiger partial charge in [-0.25, -0.2) is 13.1 Å². The monoisotopic (exact) mass is 313 g/mol. The average molecular weight is 313 g/mol. The third kappa shape index (κ3) is 4.26. The first-order valence-corrected chi connectivity index (χ1v) is 8.31. The minimum atomic E-state index is -3.56. The summed E-state index contributed by atoms with van der Waals surface area (Å²) in [6, 6.07) is 4.11. The molecule has 1 aromatic rings. The Morgan fingerprint density at radius 2 is 2.00 bits per heavy atom. The molecule has 1 rings (SSSR count). The van der Waals surface area contributed by atoms with E-state index in [-0.39, 0.29) is 16.7 Å². The first-order valence-electron chi connectivity index (χ1n) is 6.83. The fourth-order valence-corrected chi connectivity index (χ4v) is 2.81. The molecule has 118 valence electrons. The summed E-state index contributed by atoms with van der Waals surface area (Å²) in [4.78, 5) is 12.2. The molecular formula is C14H23N3O3S. The molecule has 6 nitrogen and oxygen atoms in total. The van der Waals surface area contributed by atoms with Gasteiger partial charge in [-0.05, 0) is 37.6 Å². The fourth-order valence-electron chi connectivity index (χ4n) is 1.82. The van der Waals surface area contributed by atoms with Crippen molar-refractivity contribution in [1.82, 2.24) is 4.72 Å². The van der Waals surface area contributed by atoms with E-state index in [2.05, 4.69) is 10.0 Å². The van der Waals surface area contributed by atoms with Crippen LogP contribution in [0.4, 0.5) is 5.69 Å². The normalized spacial score (nSPS) is 14.5. The second kappa shape index (κ2) is 7.02. The number of nitrogens with one attached hydrogen (secondary N) is 2. The number of benzene rings is 1. The van der Waals surface area contributed by atoms with Gasteiger partial charge < -0.3 is 11.1 Å². The lowest BCUT2D eigenvalue weighted by Gasteiger charge is -2.18. The maximum atomic E-state index is 12.0. The van der Waals surface area contributed by atoms with Crippen molar-refractivity contribution in [2.45, 2.75) is 38.1 Å². The summed E-state index contributed by atoms with van der Waals surface area (Å²) in [5.74, 6) is -0.267. The summed E-state index contributed by atoms with van der Waals surface area (Å²) in [5.41, 5.74) is 6.88. The van der Waals surface area contributed by atoms with Gasteiger partial charge in [0.2, 0.25) is 15.9 Å². The van der Waals surface area contributed by atoms with Crippen molar-refractivity contribution >= 4 is 21.6 Å². The van der Waals surface area contributed by atoms with Gasteiger partial charge in [-0.1, -0.05) is 26.3 Å². The Labute approximate surface area is 126 Å². The number of amides is 1. The highest BCUT2D eigenvalue weighted by Crippen LogP contribution is 2.20. The maximum Gasteiger partial charge on any atom is 0.241 e.